The van der Waals surface area contributed by atoms with E-state index in [4.69, 9.17) is 21.1 Å². The molecule has 0 unspecified atom stereocenters. The maximum absolute atomic E-state index is 11.1. The Balaban J connectivity index is 1.51. The first-order chi connectivity index (χ1) is 13.6. The van der Waals surface area contributed by atoms with Gasteiger partial charge in [-0.05, 0) is 42.5 Å². The molecule has 3 N–H and O–H groups in total. The second-order valence-corrected chi connectivity index (χ2v) is 6.34. The molecule has 0 fully saturated rings. The predicted octanol–water partition coefficient (Wildman–Crippen LogP) is 4.30. The first kappa shape index (κ1) is 17.9. The molecule has 0 saturated carbocycles. The highest BCUT2D eigenvalue weighted by Crippen LogP contribution is 2.44. The van der Waals surface area contributed by atoms with E-state index in [0.717, 1.165) is 5.69 Å². The summed E-state index contributed by atoms with van der Waals surface area (Å²) in [6.45, 7) is 1.61. The number of fused-ring (bicyclic) bond motifs is 1. The number of hydrogen-bond acceptors (Lipinski definition) is 7. The van der Waals surface area contributed by atoms with E-state index in [9.17, 15) is 4.79 Å². The molecule has 0 aliphatic carbocycles. The van der Waals surface area contributed by atoms with E-state index < -0.39 is 0 Å². The summed E-state index contributed by atoms with van der Waals surface area (Å²) in [7, 11) is 0. The molecule has 0 radical (unpaired) electrons. The molecule has 28 heavy (non-hydrogen) atoms. The number of carbonyl (C=O) groups excluding carboxylic acids is 1. The van der Waals surface area contributed by atoms with E-state index in [1.165, 1.54) is 6.92 Å². The van der Waals surface area contributed by atoms with Crippen LogP contribution in [0.3, 0.4) is 0 Å². The second kappa shape index (κ2) is 7.61. The minimum Gasteiger partial charge on any atom is -0.454 e. The van der Waals surface area contributed by atoms with Crippen LogP contribution in [-0.2, 0) is 4.79 Å². The van der Waals surface area contributed by atoms with Crippen LogP contribution in [-0.4, -0.2) is 22.7 Å². The molecule has 2 aromatic carbocycles. The number of anilines is 5. The standard InChI is InChI=1S/C19H16ClN5O3/c1-11(26)22-12-2-4-13(5-3-12)23-19-21-9-8-16(25-19)24-17-14(20)6-7-15-18(17)28-10-27-15/h2-9H,10H2,1H3,(H,22,26)(H2,21,23,24,25). The largest absolute Gasteiger partial charge is 0.454 e. The van der Waals surface area contributed by atoms with Crippen molar-refractivity contribution in [2.45, 2.75) is 6.92 Å². The molecule has 9 heteroatoms. The highest BCUT2D eigenvalue weighted by molar-refractivity contribution is 6.33. The van der Waals surface area contributed by atoms with E-state index in [-0.39, 0.29) is 12.7 Å². The minimum absolute atomic E-state index is 0.122. The zero-order valence-corrected chi connectivity index (χ0v) is 15.6. The fourth-order valence-electron chi connectivity index (χ4n) is 2.65. The van der Waals surface area contributed by atoms with Gasteiger partial charge in [-0.25, -0.2) is 4.98 Å². The summed E-state index contributed by atoms with van der Waals surface area (Å²) in [6.07, 6.45) is 1.62. The average molecular weight is 398 g/mol. The second-order valence-electron chi connectivity index (χ2n) is 5.93. The predicted molar refractivity (Wildman–Crippen MR) is 107 cm³/mol. The molecule has 1 aromatic heterocycles. The van der Waals surface area contributed by atoms with E-state index in [1.807, 2.05) is 12.1 Å². The normalized spacial score (nSPS) is 11.8. The molecule has 0 atom stereocenters. The van der Waals surface area contributed by atoms with Crippen LogP contribution in [0.1, 0.15) is 6.92 Å². The average Bonchev–Trinajstić information content (AvgIpc) is 3.15. The van der Waals surface area contributed by atoms with E-state index in [2.05, 4.69) is 25.9 Å². The Hall–Kier alpha value is -3.52. The van der Waals surface area contributed by atoms with Crippen LogP contribution in [0.4, 0.5) is 28.8 Å². The molecule has 0 spiro atoms. The first-order valence-electron chi connectivity index (χ1n) is 8.41. The third kappa shape index (κ3) is 3.91. The molecule has 0 saturated heterocycles. The van der Waals surface area contributed by atoms with Gasteiger partial charge in [0, 0.05) is 24.5 Å². The fourth-order valence-corrected chi connectivity index (χ4v) is 2.85. The van der Waals surface area contributed by atoms with Gasteiger partial charge < -0.3 is 25.4 Å². The van der Waals surface area contributed by atoms with Gasteiger partial charge in [0.1, 0.15) is 11.5 Å². The molecule has 1 aliphatic heterocycles. The van der Waals surface area contributed by atoms with Gasteiger partial charge in [-0.2, -0.15) is 4.98 Å². The van der Waals surface area contributed by atoms with Gasteiger partial charge in [0.15, 0.2) is 11.5 Å². The number of amides is 1. The van der Waals surface area contributed by atoms with Crippen LogP contribution in [0, 0.1) is 0 Å². The Morgan fingerprint density at radius 3 is 2.61 bits per heavy atom. The van der Waals surface area contributed by atoms with Crippen molar-refractivity contribution in [3.8, 4) is 11.5 Å². The monoisotopic (exact) mass is 397 g/mol. The summed E-state index contributed by atoms with van der Waals surface area (Å²) in [6, 6.07) is 12.4. The molecule has 0 bridgehead atoms. The number of nitrogens with one attached hydrogen (secondary N) is 3. The number of rotatable bonds is 5. The maximum Gasteiger partial charge on any atom is 0.231 e. The van der Waals surface area contributed by atoms with Crippen molar-refractivity contribution in [2.75, 3.05) is 22.7 Å². The topological polar surface area (TPSA) is 97.4 Å². The van der Waals surface area contributed by atoms with Gasteiger partial charge in [-0.15, -0.1) is 0 Å². The number of benzene rings is 2. The van der Waals surface area contributed by atoms with Crippen LogP contribution in [0.5, 0.6) is 11.5 Å². The van der Waals surface area contributed by atoms with Gasteiger partial charge in [-0.1, -0.05) is 11.6 Å². The Kier molecular flexibility index (Phi) is 4.86. The van der Waals surface area contributed by atoms with Crippen LogP contribution in [0.25, 0.3) is 0 Å². The van der Waals surface area contributed by atoms with Gasteiger partial charge in [-0.3, -0.25) is 4.79 Å². The first-order valence-corrected chi connectivity index (χ1v) is 8.79. The fraction of sp³-hybridized carbons (Fsp3) is 0.105. The number of hydrogen-bond donors (Lipinski definition) is 3. The maximum atomic E-state index is 11.1. The van der Waals surface area contributed by atoms with Crippen molar-refractivity contribution in [3.63, 3.8) is 0 Å². The summed E-state index contributed by atoms with van der Waals surface area (Å²) in [4.78, 5) is 19.8. The van der Waals surface area contributed by atoms with Gasteiger partial charge in [0.25, 0.3) is 0 Å². The Morgan fingerprint density at radius 1 is 1.04 bits per heavy atom. The highest BCUT2D eigenvalue weighted by atomic mass is 35.5. The number of aromatic nitrogens is 2. The van der Waals surface area contributed by atoms with Crippen molar-refractivity contribution >= 4 is 46.3 Å². The third-order valence-electron chi connectivity index (χ3n) is 3.86. The van der Waals surface area contributed by atoms with Crippen LogP contribution >= 0.6 is 11.6 Å². The van der Waals surface area contributed by atoms with E-state index >= 15 is 0 Å². The lowest BCUT2D eigenvalue weighted by Crippen LogP contribution is -2.05. The van der Waals surface area contributed by atoms with Crippen LogP contribution in [0.2, 0.25) is 5.02 Å². The molecule has 3 aromatic rings. The molecular weight excluding hydrogens is 382 g/mol. The van der Waals surface area contributed by atoms with Crippen molar-refractivity contribution in [2.24, 2.45) is 0 Å². The quantitative estimate of drug-likeness (QED) is 0.590. The molecule has 1 aliphatic rings. The summed E-state index contributed by atoms with van der Waals surface area (Å²) in [5, 5.41) is 9.47. The summed E-state index contributed by atoms with van der Waals surface area (Å²) in [5.41, 5.74) is 2.08. The van der Waals surface area contributed by atoms with E-state index in [1.54, 1.807) is 36.5 Å². The summed E-state index contributed by atoms with van der Waals surface area (Å²) < 4.78 is 10.9. The Morgan fingerprint density at radius 2 is 1.82 bits per heavy atom. The molecule has 4 rings (SSSR count). The van der Waals surface area contributed by atoms with Gasteiger partial charge in [0.2, 0.25) is 18.6 Å². The number of halogens is 1. The lowest BCUT2D eigenvalue weighted by atomic mass is 10.2. The third-order valence-corrected chi connectivity index (χ3v) is 4.17. The molecule has 1 amide bonds. The SMILES string of the molecule is CC(=O)Nc1ccc(Nc2nccc(Nc3c(Cl)ccc4c3OCO4)n2)cc1. The summed E-state index contributed by atoms with van der Waals surface area (Å²) >= 11 is 6.29. The number of carbonyl (C=O) groups is 1. The zero-order chi connectivity index (χ0) is 19.5. The Bertz CT molecular complexity index is 1030. The zero-order valence-electron chi connectivity index (χ0n) is 14.8. The van der Waals surface area contributed by atoms with Crippen molar-refractivity contribution < 1.29 is 14.3 Å². The van der Waals surface area contributed by atoms with Gasteiger partial charge in [0.05, 0.1) is 5.02 Å². The van der Waals surface area contributed by atoms with E-state index in [0.29, 0.717) is 39.7 Å². The number of nitrogens with zero attached hydrogens (tertiary/aromatic N) is 2. The van der Waals surface area contributed by atoms with Crippen LogP contribution < -0.4 is 25.4 Å². The smallest absolute Gasteiger partial charge is 0.231 e. The molecule has 8 nitrogen and oxygen atoms in total. The van der Waals surface area contributed by atoms with Gasteiger partial charge >= 0.3 is 0 Å². The lowest BCUT2D eigenvalue weighted by molar-refractivity contribution is -0.114. The highest BCUT2D eigenvalue weighted by Gasteiger charge is 2.21. The Labute approximate surface area is 165 Å². The lowest BCUT2D eigenvalue weighted by Gasteiger charge is -2.12. The van der Waals surface area contributed by atoms with Crippen molar-refractivity contribution in [1.29, 1.82) is 0 Å². The van der Waals surface area contributed by atoms with Crippen molar-refractivity contribution in [3.05, 3.63) is 53.7 Å². The van der Waals surface area contributed by atoms with Crippen LogP contribution in [0.15, 0.2) is 48.7 Å². The molecule has 142 valence electrons. The summed E-state index contributed by atoms with van der Waals surface area (Å²) in [5.74, 6) is 1.99. The number of ether oxygens (including phenoxy) is 2. The molecule has 2 heterocycles. The minimum atomic E-state index is -0.122. The molecular formula is C19H16ClN5O3. The van der Waals surface area contributed by atoms with Crippen molar-refractivity contribution in [1.82, 2.24) is 9.97 Å².